The number of rotatable bonds is 3. The fourth-order valence-corrected chi connectivity index (χ4v) is 4.66. The van der Waals surface area contributed by atoms with Crippen LogP contribution in [0.2, 0.25) is 5.02 Å². The van der Waals surface area contributed by atoms with Crippen molar-refractivity contribution < 1.29 is 4.74 Å². The summed E-state index contributed by atoms with van der Waals surface area (Å²) in [6.07, 6.45) is 2.57. The number of ether oxygens (including phenoxy) is 1. The smallest absolute Gasteiger partial charge is 0.119 e. The molecule has 4 heterocycles. The second kappa shape index (κ2) is 6.29. The molecule has 1 unspecified atom stereocenters. The van der Waals surface area contributed by atoms with Crippen molar-refractivity contribution in [2.24, 2.45) is 5.92 Å². The van der Waals surface area contributed by atoms with Gasteiger partial charge in [0.25, 0.3) is 0 Å². The zero-order chi connectivity index (χ0) is 17.7. The van der Waals surface area contributed by atoms with Gasteiger partial charge in [-0.2, -0.15) is 0 Å². The Bertz CT molecular complexity index is 982. The van der Waals surface area contributed by atoms with Crippen molar-refractivity contribution in [3.05, 3.63) is 41.4 Å². The zero-order valence-corrected chi connectivity index (χ0v) is 15.6. The van der Waals surface area contributed by atoms with Crippen molar-refractivity contribution in [2.75, 3.05) is 32.1 Å². The number of aromatic nitrogens is 1. The predicted octanol–water partition coefficient (Wildman–Crippen LogP) is 4.56. The molecule has 134 valence electrons. The average Bonchev–Trinajstić information content (AvgIpc) is 2.68. The molecular formula is C21H22ClN3O. The first-order valence-corrected chi connectivity index (χ1v) is 9.65. The lowest BCUT2D eigenvalue weighted by Crippen LogP contribution is -2.53. The van der Waals surface area contributed by atoms with Gasteiger partial charge in [-0.3, -0.25) is 0 Å². The summed E-state index contributed by atoms with van der Waals surface area (Å²) >= 11 is 6.23. The lowest BCUT2D eigenvalue weighted by atomic mass is 9.84. The molecule has 0 spiro atoms. The van der Waals surface area contributed by atoms with Crippen molar-refractivity contribution in [1.29, 1.82) is 0 Å². The summed E-state index contributed by atoms with van der Waals surface area (Å²) < 4.78 is 5.46. The maximum atomic E-state index is 6.23. The molecule has 1 atom stereocenters. The number of hydrogen-bond acceptors (Lipinski definition) is 4. The number of piperidine rings is 3. The van der Waals surface area contributed by atoms with Gasteiger partial charge in [0.15, 0.2) is 0 Å². The topological polar surface area (TPSA) is 37.4 Å². The highest BCUT2D eigenvalue weighted by Crippen LogP contribution is 2.37. The van der Waals surface area contributed by atoms with Gasteiger partial charge in [-0.25, -0.2) is 4.98 Å². The summed E-state index contributed by atoms with van der Waals surface area (Å²) in [5.41, 5.74) is 3.04. The number of pyridine rings is 1. The molecule has 1 aromatic heterocycles. The van der Waals surface area contributed by atoms with E-state index in [1.807, 2.05) is 24.3 Å². The summed E-state index contributed by atoms with van der Waals surface area (Å²) in [5.74, 6) is 1.60. The molecule has 3 aromatic rings. The van der Waals surface area contributed by atoms with Crippen molar-refractivity contribution in [3.8, 4) is 5.75 Å². The molecular weight excluding hydrogens is 346 g/mol. The van der Waals surface area contributed by atoms with Crippen LogP contribution < -0.4 is 10.1 Å². The third kappa shape index (κ3) is 2.68. The molecule has 0 saturated carbocycles. The lowest BCUT2D eigenvalue weighted by molar-refractivity contribution is 0.0976. The van der Waals surface area contributed by atoms with E-state index in [4.69, 9.17) is 21.3 Å². The van der Waals surface area contributed by atoms with E-state index in [1.54, 1.807) is 7.11 Å². The first kappa shape index (κ1) is 16.2. The fraction of sp³-hybridized carbons (Fsp3) is 0.381. The quantitative estimate of drug-likeness (QED) is 0.689. The van der Waals surface area contributed by atoms with Crippen LogP contribution in [0.15, 0.2) is 36.4 Å². The van der Waals surface area contributed by atoms with E-state index in [-0.39, 0.29) is 0 Å². The van der Waals surface area contributed by atoms with Gasteiger partial charge in [-0.1, -0.05) is 11.6 Å². The van der Waals surface area contributed by atoms with Gasteiger partial charge in [0.2, 0.25) is 0 Å². The Morgan fingerprint density at radius 3 is 2.65 bits per heavy atom. The molecule has 0 radical (unpaired) electrons. The third-order valence-electron chi connectivity index (χ3n) is 5.93. The van der Waals surface area contributed by atoms with E-state index in [0.717, 1.165) is 45.7 Å². The normalized spacial score (nSPS) is 24.9. The third-order valence-corrected chi connectivity index (χ3v) is 6.16. The molecule has 3 fully saturated rings. The number of nitrogens with one attached hydrogen (secondary N) is 1. The van der Waals surface area contributed by atoms with Crippen LogP contribution in [0.1, 0.15) is 12.8 Å². The Morgan fingerprint density at radius 1 is 1.08 bits per heavy atom. The van der Waals surface area contributed by atoms with Gasteiger partial charge < -0.3 is 15.0 Å². The lowest BCUT2D eigenvalue weighted by Gasteiger charge is -2.45. The molecule has 6 rings (SSSR count). The van der Waals surface area contributed by atoms with Crippen molar-refractivity contribution in [1.82, 2.24) is 9.88 Å². The summed E-state index contributed by atoms with van der Waals surface area (Å²) in [6.45, 7) is 3.60. The van der Waals surface area contributed by atoms with Crippen LogP contribution in [-0.2, 0) is 0 Å². The monoisotopic (exact) mass is 367 g/mol. The van der Waals surface area contributed by atoms with E-state index in [9.17, 15) is 0 Å². The molecule has 1 N–H and O–H groups in total. The van der Waals surface area contributed by atoms with Gasteiger partial charge in [-0.05, 0) is 68.2 Å². The largest absolute Gasteiger partial charge is 0.497 e. The molecule has 2 aromatic carbocycles. The number of benzene rings is 2. The van der Waals surface area contributed by atoms with Gasteiger partial charge >= 0.3 is 0 Å². The minimum absolute atomic E-state index is 0.480. The van der Waals surface area contributed by atoms with Crippen LogP contribution in [0, 0.1) is 5.92 Å². The minimum Gasteiger partial charge on any atom is -0.497 e. The first-order chi connectivity index (χ1) is 12.7. The Kier molecular flexibility index (Phi) is 3.91. The fourth-order valence-electron chi connectivity index (χ4n) is 4.49. The van der Waals surface area contributed by atoms with Crippen molar-refractivity contribution >= 4 is 39.1 Å². The molecule has 2 bridgehead atoms. The average molecular weight is 368 g/mol. The van der Waals surface area contributed by atoms with Crippen molar-refractivity contribution in [3.63, 3.8) is 0 Å². The number of fused-ring (bicyclic) bond motifs is 5. The second-order valence-corrected chi connectivity index (χ2v) is 7.86. The molecule has 0 amide bonds. The highest BCUT2D eigenvalue weighted by atomic mass is 35.5. The number of halogens is 1. The summed E-state index contributed by atoms with van der Waals surface area (Å²) in [5, 5.41) is 6.83. The SMILES string of the molecule is COc1ccc2nc3cc(Cl)ccc3c(NC3CN4CCC3CC4)c2c1. The summed E-state index contributed by atoms with van der Waals surface area (Å²) in [4.78, 5) is 7.40. The van der Waals surface area contributed by atoms with E-state index in [1.165, 1.54) is 25.9 Å². The Hall–Kier alpha value is -2.04. The Labute approximate surface area is 158 Å². The van der Waals surface area contributed by atoms with Gasteiger partial charge in [-0.15, -0.1) is 0 Å². The Morgan fingerprint density at radius 2 is 1.92 bits per heavy atom. The summed E-state index contributed by atoms with van der Waals surface area (Å²) in [6, 6.07) is 12.5. The Balaban J connectivity index is 1.68. The standard InChI is InChI=1S/C21H22ClN3O/c1-26-15-3-5-18-17(11-15)21(16-4-2-14(22)10-19(16)23-18)24-20-12-25-8-6-13(20)7-9-25/h2-5,10-11,13,20H,6-9,12H2,1H3,(H,23,24). The molecule has 4 nitrogen and oxygen atoms in total. The zero-order valence-electron chi connectivity index (χ0n) is 14.8. The number of hydrogen-bond donors (Lipinski definition) is 1. The van der Waals surface area contributed by atoms with E-state index in [2.05, 4.69) is 22.3 Å². The van der Waals surface area contributed by atoms with Crippen LogP contribution in [0.5, 0.6) is 5.75 Å². The summed E-state index contributed by atoms with van der Waals surface area (Å²) in [7, 11) is 1.70. The highest BCUT2D eigenvalue weighted by molar-refractivity contribution is 6.31. The van der Waals surface area contributed by atoms with Crippen LogP contribution in [0.25, 0.3) is 21.8 Å². The highest BCUT2D eigenvalue weighted by Gasteiger charge is 2.34. The van der Waals surface area contributed by atoms with Gasteiger partial charge in [0, 0.05) is 28.4 Å². The van der Waals surface area contributed by atoms with Crippen LogP contribution in [-0.4, -0.2) is 42.7 Å². The van der Waals surface area contributed by atoms with Gasteiger partial charge in [0.05, 0.1) is 23.8 Å². The number of nitrogens with zero attached hydrogens (tertiary/aromatic N) is 2. The number of anilines is 1. The number of methoxy groups -OCH3 is 1. The maximum Gasteiger partial charge on any atom is 0.119 e. The van der Waals surface area contributed by atoms with E-state index in [0.29, 0.717) is 11.1 Å². The molecule has 0 aliphatic carbocycles. The van der Waals surface area contributed by atoms with Crippen molar-refractivity contribution in [2.45, 2.75) is 18.9 Å². The molecule has 5 heteroatoms. The molecule has 26 heavy (non-hydrogen) atoms. The molecule has 3 aliphatic heterocycles. The van der Waals surface area contributed by atoms with E-state index < -0.39 is 0 Å². The molecule has 3 aliphatic rings. The predicted molar refractivity (Wildman–Crippen MR) is 107 cm³/mol. The van der Waals surface area contributed by atoms with Gasteiger partial charge in [0.1, 0.15) is 5.75 Å². The van der Waals surface area contributed by atoms with Crippen LogP contribution in [0.4, 0.5) is 5.69 Å². The first-order valence-electron chi connectivity index (χ1n) is 9.27. The van der Waals surface area contributed by atoms with E-state index >= 15 is 0 Å². The van der Waals surface area contributed by atoms with Crippen LogP contribution >= 0.6 is 11.6 Å². The maximum absolute atomic E-state index is 6.23. The molecule has 3 saturated heterocycles. The second-order valence-electron chi connectivity index (χ2n) is 7.42. The minimum atomic E-state index is 0.480. The van der Waals surface area contributed by atoms with Crippen LogP contribution in [0.3, 0.4) is 0 Å².